The number of aliphatic hydroxyl groups is 2. The lowest BCUT2D eigenvalue weighted by molar-refractivity contribution is 0.0490. The van der Waals surface area contributed by atoms with Crippen LogP contribution < -0.4 is 57.3 Å². The van der Waals surface area contributed by atoms with E-state index in [2.05, 4.69) is 10.0 Å². The summed E-state index contributed by atoms with van der Waals surface area (Å²) in [6.45, 7) is 2.84. The third kappa shape index (κ3) is 22.1. The predicted molar refractivity (Wildman–Crippen MR) is 390 cm³/mol. The summed E-state index contributed by atoms with van der Waals surface area (Å²) in [7, 11) is 6.16. The number of carbonyl (C=O) groups excluding carboxylic acids is 2. The number of esters is 1. The molecule has 0 atom stereocenters. The fourth-order valence-corrected chi connectivity index (χ4v) is 9.33. The molecule has 31 heteroatoms. The second-order valence-corrected chi connectivity index (χ2v) is 21.5. The predicted octanol–water partition coefficient (Wildman–Crippen LogP) is 12.1. The fourth-order valence-electron chi connectivity index (χ4n) is 9.20. The molecule has 8 N–H and O–H groups in total. The summed E-state index contributed by atoms with van der Waals surface area (Å²) in [5, 5.41) is 59.8. The molecule has 6 aromatic heterocycles. The third-order valence-corrected chi connectivity index (χ3v) is 14.4. The van der Waals surface area contributed by atoms with E-state index < -0.39 is 11.4 Å². The van der Waals surface area contributed by atoms with Crippen LogP contribution in [0.15, 0.2) is 224 Å². The van der Waals surface area contributed by atoms with Crippen LogP contribution in [0.1, 0.15) is 63.6 Å². The van der Waals surface area contributed by atoms with Gasteiger partial charge in [0.1, 0.15) is 122 Å². The van der Waals surface area contributed by atoms with Crippen LogP contribution in [0.25, 0.3) is 76.3 Å². The maximum Gasteiger partial charge on any atom is 0.374 e. The molecule has 0 unspecified atom stereocenters. The standard InChI is InChI=1S/C12H10O5.C11H9ClO3.C11H9N3O3.C11H11NO3.C11H10O4.C10H8O4.C8H8O3.ClH/c1-2-16-12(15)11-6-9(14)8-5-7(13)3-4-10(8)17-11;1-14-7-2-3-11-9(4-7)10(13)5-8(6-12)15-11;1-16-7-2-3-11-9(4-7)10(15)5-8(17-11)6-13-14-12;2*1-14-7-2-3-11-9(4-7)10(13)5-8(6-12)15-11;11-5-7-4-9(13)8-3-6(12)1-2-10(8)14-7;1-5(9)7-4-6(10)2-3-8(7)11;/h3-6,13H,2H2,1H3;2-5H,6H2,1H3;2-5H,6H2,1H3;2-5H,6,12H2,1H3;2-5,12H,6H2,1H3;1-4,11-12H,5H2;2-4,10-11H,1H3;1H. The molecule has 0 spiro atoms. The van der Waals surface area contributed by atoms with E-state index in [9.17, 15) is 43.5 Å². The highest BCUT2D eigenvalue weighted by Gasteiger charge is 2.15. The second kappa shape index (κ2) is 38.8. The number of benzene rings is 7. The van der Waals surface area contributed by atoms with E-state index in [1.165, 1.54) is 106 Å². The number of rotatable bonds is 13. The van der Waals surface area contributed by atoms with Gasteiger partial charge < -0.3 is 86.6 Å². The number of nitrogens with two attached hydrogens (primary N) is 1. The van der Waals surface area contributed by atoms with E-state index in [1.807, 2.05) is 0 Å². The van der Waals surface area contributed by atoms with Gasteiger partial charge in [0.15, 0.2) is 38.4 Å². The number of alkyl halides is 1. The summed E-state index contributed by atoms with van der Waals surface area (Å²) in [6.07, 6.45) is 0. The number of nitrogens with zero attached hydrogens (tertiary/aromatic N) is 3. The lowest BCUT2D eigenvalue weighted by Gasteiger charge is -2.02. The number of phenolic OH excluding ortho intramolecular Hbond substituents is 4. The normalized spacial score (nSPS) is 10.2. The number of ketones is 1. The van der Waals surface area contributed by atoms with Crippen molar-refractivity contribution in [1.82, 2.24) is 0 Å². The number of hydrogen-bond donors (Lipinski definition) is 7. The molecule has 0 saturated heterocycles. The second-order valence-electron chi connectivity index (χ2n) is 21.2. The summed E-state index contributed by atoms with van der Waals surface area (Å²) in [6, 6.07) is 39.9. The van der Waals surface area contributed by atoms with Gasteiger partial charge in [0.25, 0.3) is 0 Å². The van der Waals surface area contributed by atoms with Crippen LogP contribution in [-0.2, 0) is 36.9 Å². The molecule has 13 rings (SSSR count). The van der Waals surface area contributed by atoms with Crippen LogP contribution in [0.4, 0.5) is 0 Å². The van der Waals surface area contributed by atoms with Crippen LogP contribution in [0.2, 0.25) is 0 Å². The van der Waals surface area contributed by atoms with Crippen molar-refractivity contribution in [3.05, 3.63) is 276 Å². The van der Waals surface area contributed by atoms with Gasteiger partial charge in [0.05, 0.1) is 91.9 Å². The number of aromatic hydroxyl groups is 4. The Morgan fingerprint density at radius 1 is 0.457 bits per heavy atom. The fraction of sp³-hybridized carbons (Fsp3) is 0.162. The minimum absolute atomic E-state index is 0. The van der Waals surface area contributed by atoms with E-state index in [0.29, 0.717) is 95.1 Å². The number of carbonyl (C=O) groups is 2. The molecular weight excluding hydrogens is 1420 g/mol. The number of Topliss-reactive ketones (excluding diaryl/α,β-unsaturated/α-hetero) is 1. The third-order valence-electron chi connectivity index (χ3n) is 14.2. The Bertz CT molecular complexity index is 5450. The highest BCUT2D eigenvalue weighted by atomic mass is 35.5. The van der Waals surface area contributed by atoms with Crippen molar-refractivity contribution >= 4 is 102 Å². The Morgan fingerprint density at radius 2 is 0.781 bits per heavy atom. The number of methoxy groups -OCH3 is 4. The first-order chi connectivity index (χ1) is 49.9. The molecule has 0 aliphatic carbocycles. The smallest absolute Gasteiger partial charge is 0.374 e. The topological polar surface area (TPSA) is 458 Å². The zero-order chi connectivity index (χ0) is 75.7. The molecule has 29 nitrogen and oxygen atoms in total. The number of hydrogen-bond acceptors (Lipinski definition) is 27. The molecule has 0 aliphatic heterocycles. The first-order valence-corrected chi connectivity index (χ1v) is 31.1. The summed E-state index contributed by atoms with van der Waals surface area (Å²) in [4.78, 5) is 94.6. The Kier molecular flexibility index (Phi) is 29.9. The van der Waals surface area contributed by atoms with Gasteiger partial charge in [0.2, 0.25) is 5.76 Å². The number of aliphatic hydroxyl groups excluding tert-OH is 2. The maximum atomic E-state index is 11.8. The van der Waals surface area contributed by atoms with E-state index in [-0.39, 0.29) is 141 Å². The van der Waals surface area contributed by atoms with Crippen LogP contribution in [0.5, 0.6) is 46.0 Å². The van der Waals surface area contributed by atoms with E-state index in [1.54, 1.807) is 93.9 Å². The Morgan fingerprint density at radius 3 is 1.14 bits per heavy atom. The van der Waals surface area contributed by atoms with Crippen molar-refractivity contribution in [2.45, 2.75) is 46.0 Å². The molecule has 7 aromatic carbocycles. The van der Waals surface area contributed by atoms with Gasteiger partial charge in [-0.15, -0.1) is 24.0 Å². The largest absolute Gasteiger partial charge is 0.508 e. The van der Waals surface area contributed by atoms with Gasteiger partial charge >= 0.3 is 5.97 Å². The molecule has 546 valence electrons. The number of ether oxygens (including phenoxy) is 5. The van der Waals surface area contributed by atoms with Crippen LogP contribution in [-0.4, -0.2) is 77.4 Å². The molecule has 105 heavy (non-hydrogen) atoms. The summed E-state index contributed by atoms with van der Waals surface area (Å²) in [5.74, 6) is 3.19. The van der Waals surface area contributed by atoms with Crippen molar-refractivity contribution in [1.29, 1.82) is 0 Å². The number of phenols is 4. The molecule has 0 fully saturated rings. The van der Waals surface area contributed by atoms with Crippen LogP contribution >= 0.6 is 24.0 Å². The monoisotopic (exact) mass is 1480 g/mol. The van der Waals surface area contributed by atoms with Gasteiger partial charge in [-0.25, -0.2) is 4.79 Å². The zero-order valence-corrected chi connectivity index (χ0v) is 58.0. The highest BCUT2D eigenvalue weighted by molar-refractivity contribution is 6.16. The summed E-state index contributed by atoms with van der Waals surface area (Å²) < 4.78 is 56.8. The molecule has 6 heterocycles. The van der Waals surface area contributed by atoms with Crippen molar-refractivity contribution in [3.8, 4) is 46.0 Å². The van der Waals surface area contributed by atoms with E-state index >= 15 is 0 Å². The minimum atomic E-state index is -0.681. The average Bonchev–Trinajstić information content (AvgIpc) is 0.776. The lowest BCUT2D eigenvalue weighted by Crippen LogP contribution is -2.09. The first-order valence-electron chi connectivity index (χ1n) is 30.5. The highest BCUT2D eigenvalue weighted by Crippen LogP contribution is 2.26. The van der Waals surface area contributed by atoms with Gasteiger partial charge in [-0.2, -0.15) is 0 Å². The molecule has 0 radical (unpaired) electrons. The first kappa shape index (κ1) is 81.1. The van der Waals surface area contributed by atoms with Gasteiger partial charge in [0, 0.05) is 41.3 Å². The SMILES string of the molecule is CC(=O)c1cc(O)ccc1O.CCOC(=O)c1cc(=O)c2cc(O)ccc2o1.COc1ccc2oc(CCl)cc(=O)c2c1.COc1ccc2oc(CN)cc(=O)c2c1.COc1ccc2oc(CN=[N+]=[N-])cc(=O)c2c1.COc1ccc2oc(CO)cc(=O)c2c1.Cl.O=c1cc(CO)oc2ccc(O)cc12. The van der Waals surface area contributed by atoms with Gasteiger partial charge in [-0.1, -0.05) is 5.11 Å². The van der Waals surface area contributed by atoms with E-state index in [0.717, 1.165) is 6.07 Å². The lowest BCUT2D eigenvalue weighted by atomic mass is 10.1. The molecular formula is C74H66Cl2N4O25. The van der Waals surface area contributed by atoms with Crippen molar-refractivity contribution in [2.24, 2.45) is 10.8 Å². The zero-order valence-electron chi connectivity index (χ0n) is 56.5. The van der Waals surface area contributed by atoms with Gasteiger partial charge in [-0.3, -0.25) is 33.6 Å². The number of azide groups is 1. The molecule has 13 aromatic rings. The molecule has 0 amide bonds. The van der Waals surface area contributed by atoms with Crippen molar-refractivity contribution in [3.63, 3.8) is 0 Å². The number of halogens is 2. The minimum Gasteiger partial charge on any atom is -0.508 e. The molecule has 0 saturated carbocycles. The Hall–Kier alpha value is -12.9. The van der Waals surface area contributed by atoms with E-state index in [4.69, 9.17) is 98.6 Å². The maximum absolute atomic E-state index is 11.8. The summed E-state index contributed by atoms with van der Waals surface area (Å²) >= 11 is 5.60. The molecule has 0 bridgehead atoms. The number of fused-ring (bicyclic) bond motifs is 6. The van der Waals surface area contributed by atoms with Crippen molar-refractivity contribution in [2.75, 3.05) is 35.0 Å². The Balaban J connectivity index is 0.000000192. The van der Waals surface area contributed by atoms with Crippen molar-refractivity contribution < 1.29 is 90.4 Å². The van der Waals surface area contributed by atoms with Crippen LogP contribution in [0, 0.1) is 0 Å². The van der Waals surface area contributed by atoms with Gasteiger partial charge in [-0.05, 0) is 147 Å². The van der Waals surface area contributed by atoms with Crippen LogP contribution in [0.3, 0.4) is 0 Å². The average molecular weight is 1480 g/mol. The Labute approximate surface area is 602 Å². The molecule has 0 aliphatic rings. The summed E-state index contributed by atoms with van der Waals surface area (Å²) in [5.41, 5.74) is 15.1. The quantitative estimate of drug-likeness (QED) is 0.0107.